The fourth-order valence-corrected chi connectivity index (χ4v) is 1.67. The van der Waals surface area contributed by atoms with Crippen molar-refractivity contribution in [2.75, 3.05) is 6.61 Å². The van der Waals surface area contributed by atoms with Gasteiger partial charge < -0.3 is 20.7 Å². The van der Waals surface area contributed by atoms with Gasteiger partial charge in [0.05, 0.1) is 13.0 Å². The molecule has 0 aliphatic heterocycles. The molecule has 0 fully saturated rings. The Kier molecular flexibility index (Phi) is 8.47. The summed E-state index contributed by atoms with van der Waals surface area (Å²) < 4.78 is 4.89. The van der Waals surface area contributed by atoms with E-state index in [0.29, 0.717) is 6.61 Å². The molecular formula is C15H21NO6. The van der Waals surface area contributed by atoms with E-state index in [1.165, 1.54) is 0 Å². The second-order valence-corrected chi connectivity index (χ2v) is 4.59. The van der Waals surface area contributed by atoms with Crippen molar-refractivity contribution in [3.8, 4) is 0 Å². The van der Waals surface area contributed by atoms with Crippen LogP contribution in [0.2, 0.25) is 0 Å². The summed E-state index contributed by atoms with van der Waals surface area (Å²) in [5.41, 5.74) is 9.28. The van der Waals surface area contributed by atoms with Crippen LogP contribution in [0, 0.1) is 13.8 Å². The van der Waals surface area contributed by atoms with Crippen LogP contribution in [0.3, 0.4) is 0 Å². The van der Waals surface area contributed by atoms with Crippen molar-refractivity contribution in [2.45, 2.75) is 33.2 Å². The zero-order chi connectivity index (χ0) is 17.3. The minimum absolute atomic E-state index is 0.234. The van der Waals surface area contributed by atoms with Crippen LogP contribution in [0.15, 0.2) is 18.2 Å². The van der Waals surface area contributed by atoms with Crippen LogP contribution in [0.5, 0.6) is 0 Å². The molecular weight excluding hydrogens is 290 g/mol. The van der Waals surface area contributed by atoms with E-state index in [1.54, 1.807) is 6.92 Å². The molecule has 1 aromatic carbocycles. The van der Waals surface area contributed by atoms with Crippen LogP contribution in [0.25, 0.3) is 0 Å². The fourth-order valence-electron chi connectivity index (χ4n) is 1.67. The van der Waals surface area contributed by atoms with Crippen molar-refractivity contribution in [3.05, 3.63) is 34.9 Å². The normalized spacial score (nSPS) is 10.9. The van der Waals surface area contributed by atoms with Gasteiger partial charge in [-0.1, -0.05) is 23.8 Å². The summed E-state index contributed by atoms with van der Waals surface area (Å²) in [6, 6.07) is 5.81. The third kappa shape index (κ3) is 7.39. The van der Waals surface area contributed by atoms with Gasteiger partial charge in [-0.05, 0) is 31.9 Å². The maximum atomic E-state index is 11.3. The monoisotopic (exact) mass is 311 g/mol. The van der Waals surface area contributed by atoms with E-state index in [4.69, 9.17) is 30.3 Å². The molecule has 0 heterocycles. The van der Waals surface area contributed by atoms with Gasteiger partial charge in [-0.25, -0.2) is 9.59 Å². The molecule has 7 nitrogen and oxygen atoms in total. The van der Waals surface area contributed by atoms with Crippen molar-refractivity contribution in [1.82, 2.24) is 0 Å². The Bertz CT molecular complexity index is 529. The Labute approximate surface area is 128 Å². The molecule has 7 heteroatoms. The molecule has 0 aliphatic rings. The predicted molar refractivity (Wildman–Crippen MR) is 79.4 cm³/mol. The molecule has 1 unspecified atom stereocenters. The molecule has 0 amide bonds. The van der Waals surface area contributed by atoms with Gasteiger partial charge in [0.15, 0.2) is 0 Å². The van der Waals surface area contributed by atoms with Gasteiger partial charge >= 0.3 is 17.9 Å². The minimum Gasteiger partial charge on any atom is -0.473 e. The van der Waals surface area contributed by atoms with Gasteiger partial charge in [-0.3, -0.25) is 4.79 Å². The highest BCUT2D eigenvalue weighted by atomic mass is 16.5. The van der Waals surface area contributed by atoms with Crippen LogP contribution in [0.1, 0.15) is 36.1 Å². The maximum Gasteiger partial charge on any atom is 0.414 e. The molecule has 1 atom stereocenters. The Hall–Kier alpha value is -2.41. The molecule has 0 aliphatic carbocycles. The van der Waals surface area contributed by atoms with Crippen molar-refractivity contribution < 1.29 is 29.3 Å². The zero-order valence-corrected chi connectivity index (χ0v) is 12.8. The summed E-state index contributed by atoms with van der Waals surface area (Å²) in [6.45, 7) is 6.21. The van der Waals surface area contributed by atoms with Gasteiger partial charge in [-0.15, -0.1) is 0 Å². The molecule has 0 spiro atoms. The van der Waals surface area contributed by atoms with Crippen LogP contribution in [-0.4, -0.2) is 34.7 Å². The van der Waals surface area contributed by atoms with Crippen LogP contribution in [0.4, 0.5) is 0 Å². The number of aliphatic carboxylic acids is 2. The SMILES string of the molecule is CCOC(=O)CC(N)c1cc(C)ccc1C.O=C(O)C(=O)O. The lowest BCUT2D eigenvalue weighted by Gasteiger charge is -2.14. The van der Waals surface area contributed by atoms with E-state index >= 15 is 0 Å². The van der Waals surface area contributed by atoms with E-state index in [-0.39, 0.29) is 18.4 Å². The standard InChI is InChI=1S/C13H19NO2.C2H2O4/c1-4-16-13(15)8-12(14)11-7-9(2)5-6-10(11)3;3-1(4)2(5)6/h5-7,12H,4,8,14H2,1-3H3;(H,3,4)(H,5,6). The second-order valence-electron chi connectivity index (χ2n) is 4.59. The van der Waals surface area contributed by atoms with Gasteiger partial charge in [0, 0.05) is 6.04 Å². The summed E-state index contributed by atoms with van der Waals surface area (Å²) >= 11 is 0. The van der Waals surface area contributed by atoms with Crippen LogP contribution in [-0.2, 0) is 19.1 Å². The summed E-state index contributed by atoms with van der Waals surface area (Å²) in [6.07, 6.45) is 0.234. The van der Waals surface area contributed by atoms with Gasteiger partial charge in [0.2, 0.25) is 0 Å². The molecule has 0 bridgehead atoms. The highest BCUT2D eigenvalue weighted by Crippen LogP contribution is 2.20. The zero-order valence-electron chi connectivity index (χ0n) is 12.8. The van der Waals surface area contributed by atoms with E-state index in [2.05, 4.69) is 0 Å². The average Bonchev–Trinajstić information content (AvgIpc) is 2.42. The first-order valence-electron chi connectivity index (χ1n) is 6.63. The number of esters is 1. The lowest BCUT2D eigenvalue weighted by atomic mass is 9.97. The average molecular weight is 311 g/mol. The second kappa shape index (κ2) is 9.51. The molecule has 0 aromatic heterocycles. The smallest absolute Gasteiger partial charge is 0.414 e. The van der Waals surface area contributed by atoms with Gasteiger partial charge in [0.25, 0.3) is 0 Å². The third-order valence-corrected chi connectivity index (χ3v) is 2.71. The number of nitrogens with two attached hydrogens (primary N) is 1. The number of carbonyl (C=O) groups is 3. The number of hydrogen-bond acceptors (Lipinski definition) is 5. The first kappa shape index (κ1) is 19.6. The highest BCUT2D eigenvalue weighted by Gasteiger charge is 2.14. The number of carboxylic acid groups (broad SMARTS) is 2. The summed E-state index contributed by atoms with van der Waals surface area (Å²) in [5, 5.41) is 14.8. The molecule has 22 heavy (non-hydrogen) atoms. The highest BCUT2D eigenvalue weighted by molar-refractivity contribution is 6.27. The molecule has 4 N–H and O–H groups in total. The van der Waals surface area contributed by atoms with Gasteiger partial charge in [-0.2, -0.15) is 0 Å². The first-order chi connectivity index (χ1) is 10.2. The Morgan fingerprint density at radius 1 is 1.18 bits per heavy atom. The maximum absolute atomic E-state index is 11.3. The van der Waals surface area contributed by atoms with Gasteiger partial charge in [0.1, 0.15) is 0 Å². The molecule has 1 rings (SSSR count). The van der Waals surface area contributed by atoms with Crippen molar-refractivity contribution in [3.63, 3.8) is 0 Å². The van der Waals surface area contributed by atoms with E-state index in [0.717, 1.165) is 16.7 Å². The summed E-state index contributed by atoms with van der Waals surface area (Å²) in [5.74, 6) is -3.89. The summed E-state index contributed by atoms with van der Waals surface area (Å²) in [7, 11) is 0. The van der Waals surface area contributed by atoms with E-state index in [1.807, 2.05) is 32.0 Å². The quantitative estimate of drug-likeness (QED) is 0.566. The van der Waals surface area contributed by atoms with Crippen LogP contribution < -0.4 is 5.73 Å². The number of hydrogen-bond donors (Lipinski definition) is 3. The minimum atomic E-state index is -1.82. The Balaban J connectivity index is 0.000000626. The number of benzene rings is 1. The Morgan fingerprint density at radius 3 is 2.18 bits per heavy atom. The number of carbonyl (C=O) groups excluding carboxylic acids is 1. The Morgan fingerprint density at radius 2 is 1.73 bits per heavy atom. The van der Waals surface area contributed by atoms with E-state index < -0.39 is 11.9 Å². The third-order valence-electron chi connectivity index (χ3n) is 2.71. The van der Waals surface area contributed by atoms with Crippen molar-refractivity contribution in [2.24, 2.45) is 5.73 Å². The van der Waals surface area contributed by atoms with E-state index in [9.17, 15) is 4.79 Å². The van der Waals surface area contributed by atoms with Crippen molar-refractivity contribution >= 4 is 17.9 Å². The predicted octanol–water partition coefficient (Wildman–Crippen LogP) is 1.41. The lowest BCUT2D eigenvalue weighted by Crippen LogP contribution is -2.18. The lowest BCUT2D eigenvalue weighted by molar-refractivity contribution is -0.159. The largest absolute Gasteiger partial charge is 0.473 e. The molecule has 122 valence electrons. The number of carboxylic acids is 2. The topological polar surface area (TPSA) is 127 Å². The number of aryl methyl sites for hydroxylation is 2. The molecule has 1 aromatic rings. The summed E-state index contributed by atoms with van der Waals surface area (Å²) in [4.78, 5) is 29.5. The molecule has 0 saturated carbocycles. The number of rotatable bonds is 4. The number of ether oxygens (including phenoxy) is 1. The molecule has 0 saturated heterocycles. The fraction of sp³-hybridized carbons (Fsp3) is 0.400. The van der Waals surface area contributed by atoms with Crippen LogP contribution >= 0.6 is 0 Å². The molecule has 0 radical (unpaired) electrons. The first-order valence-corrected chi connectivity index (χ1v) is 6.63. The van der Waals surface area contributed by atoms with Crippen molar-refractivity contribution in [1.29, 1.82) is 0 Å².